The largest absolute Gasteiger partial charge is 0.355 e. The molecule has 0 aliphatic rings. The molecule has 2 aromatic carbocycles. The molecule has 0 aliphatic carbocycles. The number of amides is 1. The molecule has 0 saturated carbocycles. The van der Waals surface area contributed by atoms with E-state index in [4.69, 9.17) is 0 Å². The number of carbonyl (C=O) groups is 1. The van der Waals surface area contributed by atoms with Gasteiger partial charge in [0, 0.05) is 6.54 Å². The fourth-order valence-corrected chi connectivity index (χ4v) is 3.97. The standard InChI is InChI=1S/C22H23N5O2S/c1-14(2)12-23-19(28)13-30-22-25-24-21-26(16-10-8-15(3)9-11-16)20(29)17-6-4-5-7-18(17)27(21)22/h4-11,14H,12-13H2,1-3H3,(H,23,28). The second kappa shape index (κ2) is 8.31. The maximum atomic E-state index is 13.3. The van der Waals surface area contributed by atoms with E-state index < -0.39 is 0 Å². The lowest BCUT2D eigenvalue weighted by Gasteiger charge is -2.11. The minimum Gasteiger partial charge on any atom is -0.355 e. The number of rotatable bonds is 6. The minimum atomic E-state index is -0.152. The molecule has 0 atom stereocenters. The van der Waals surface area contributed by atoms with Gasteiger partial charge in [0.1, 0.15) is 0 Å². The summed E-state index contributed by atoms with van der Waals surface area (Å²) in [4.78, 5) is 25.4. The molecule has 30 heavy (non-hydrogen) atoms. The third-order valence-corrected chi connectivity index (χ3v) is 5.66. The van der Waals surface area contributed by atoms with Gasteiger partial charge in [0.05, 0.1) is 22.3 Å². The number of hydrogen-bond acceptors (Lipinski definition) is 5. The summed E-state index contributed by atoms with van der Waals surface area (Å²) < 4.78 is 3.41. The lowest BCUT2D eigenvalue weighted by Crippen LogP contribution is -2.28. The number of aryl methyl sites for hydroxylation is 1. The van der Waals surface area contributed by atoms with E-state index in [0.717, 1.165) is 16.8 Å². The molecular weight excluding hydrogens is 398 g/mol. The van der Waals surface area contributed by atoms with Gasteiger partial charge in [-0.05, 0) is 37.1 Å². The molecule has 0 unspecified atom stereocenters. The highest BCUT2D eigenvalue weighted by atomic mass is 32.2. The highest BCUT2D eigenvalue weighted by Crippen LogP contribution is 2.23. The summed E-state index contributed by atoms with van der Waals surface area (Å²) in [6, 6.07) is 15.1. The summed E-state index contributed by atoms with van der Waals surface area (Å²) >= 11 is 1.31. The molecule has 0 radical (unpaired) electrons. The molecule has 0 aliphatic heterocycles. The third kappa shape index (κ3) is 3.82. The van der Waals surface area contributed by atoms with E-state index in [1.54, 1.807) is 10.6 Å². The molecule has 0 saturated heterocycles. The summed E-state index contributed by atoms with van der Waals surface area (Å²) in [5, 5.41) is 12.6. The molecule has 2 heterocycles. The molecule has 1 N–H and O–H groups in total. The summed E-state index contributed by atoms with van der Waals surface area (Å²) in [6.45, 7) is 6.74. The van der Waals surface area contributed by atoms with Crippen molar-refractivity contribution in [1.29, 1.82) is 0 Å². The molecule has 0 spiro atoms. The van der Waals surface area contributed by atoms with Gasteiger partial charge < -0.3 is 5.32 Å². The predicted octanol–water partition coefficient (Wildman–Crippen LogP) is 3.21. The van der Waals surface area contributed by atoms with Gasteiger partial charge in [-0.15, -0.1) is 10.2 Å². The second-order valence-electron chi connectivity index (χ2n) is 7.60. The van der Waals surface area contributed by atoms with Crippen LogP contribution in [0, 0.1) is 12.8 Å². The summed E-state index contributed by atoms with van der Waals surface area (Å²) in [6.07, 6.45) is 0. The smallest absolute Gasteiger partial charge is 0.267 e. The Bertz CT molecular complexity index is 1270. The number of nitrogens with one attached hydrogen (secondary N) is 1. The predicted molar refractivity (Wildman–Crippen MR) is 119 cm³/mol. The highest BCUT2D eigenvalue weighted by molar-refractivity contribution is 7.99. The van der Waals surface area contributed by atoms with Gasteiger partial charge in [-0.2, -0.15) is 0 Å². The maximum absolute atomic E-state index is 13.3. The Labute approximate surface area is 178 Å². The van der Waals surface area contributed by atoms with E-state index in [1.165, 1.54) is 11.8 Å². The van der Waals surface area contributed by atoms with E-state index in [2.05, 4.69) is 29.4 Å². The van der Waals surface area contributed by atoms with E-state index in [9.17, 15) is 9.59 Å². The average Bonchev–Trinajstić information content (AvgIpc) is 3.16. The average molecular weight is 422 g/mol. The van der Waals surface area contributed by atoms with Gasteiger partial charge in [0.2, 0.25) is 11.7 Å². The van der Waals surface area contributed by atoms with Crippen LogP contribution in [-0.4, -0.2) is 37.4 Å². The minimum absolute atomic E-state index is 0.0541. The van der Waals surface area contributed by atoms with Crippen LogP contribution < -0.4 is 10.9 Å². The molecular formula is C22H23N5O2S. The first-order valence-corrected chi connectivity index (χ1v) is 10.8. The van der Waals surface area contributed by atoms with Crippen LogP contribution in [-0.2, 0) is 4.79 Å². The van der Waals surface area contributed by atoms with Crippen LogP contribution in [0.4, 0.5) is 0 Å². The normalized spacial score (nSPS) is 11.5. The fourth-order valence-electron chi connectivity index (χ4n) is 3.20. The van der Waals surface area contributed by atoms with E-state index >= 15 is 0 Å². The number of hydrogen-bond donors (Lipinski definition) is 1. The van der Waals surface area contributed by atoms with Crippen molar-refractivity contribution < 1.29 is 4.79 Å². The van der Waals surface area contributed by atoms with Crippen molar-refractivity contribution >= 4 is 34.3 Å². The van der Waals surface area contributed by atoms with Gasteiger partial charge in [-0.3, -0.25) is 14.0 Å². The number of nitrogens with zero attached hydrogens (tertiary/aromatic N) is 4. The van der Waals surface area contributed by atoms with Crippen molar-refractivity contribution in [2.45, 2.75) is 25.9 Å². The molecule has 8 heteroatoms. The number of aromatic nitrogens is 4. The molecule has 2 aromatic heterocycles. The van der Waals surface area contributed by atoms with Crippen molar-refractivity contribution in [2.75, 3.05) is 12.3 Å². The lowest BCUT2D eigenvalue weighted by atomic mass is 10.2. The Morgan fingerprint density at radius 2 is 1.83 bits per heavy atom. The Balaban J connectivity index is 1.82. The monoisotopic (exact) mass is 421 g/mol. The zero-order valence-corrected chi connectivity index (χ0v) is 17.9. The topological polar surface area (TPSA) is 81.3 Å². The van der Waals surface area contributed by atoms with Crippen LogP contribution in [0.2, 0.25) is 0 Å². The first-order valence-electron chi connectivity index (χ1n) is 9.81. The highest BCUT2D eigenvalue weighted by Gasteiger charge is 2.18. The first-order chi connectivity index (χ1) is 14.5. The lowest BCUT2D eigenvalue weighted by molar-refractivity contribution is -0.118. The van der Waals surface area contributed by atoms with Crippen molar-refractivity contribution in [3.05, 3.63) is 64.4 Å². The Morgan fingerprint density at radius 3 is 2.57 bits per heavy atom. The van der Waals surface area contributed by atoms with Crippen molar-refractivity contribution in [2.24, 2.45) is 5.92 Å². The van der Waals surface area contributed by atoms with E-state index in [-0.39, 0.29) is 17.2 Å². The summed E-state index contributed by atoms with van der Waals surface area (Å²) in [5.74, 6) is 0.987. The number of carbonyl (C=O) groups excluding carboxylic acids is 1. The Kier molecular flexibility index (Phi) is 5.59. The molecule has 4 aromatic rings. The van der Waals surface area contributed by atoms with Crippen LogP contribution >= 0.6 is 11.8 Å². The molecule has 154 valence electrons. The molecule has 0 fully saturated rings. The quantitative estimate of drug-likeness (QED) is 0.484. The third-order valence-electron chi connectivity index (χ3n) is 4.73. The number of para-hydroxylation sites is 1. The van der Waals surface area contributed by atoms with Gasteiger partial charge in [-0.1, -0.05) is 55.4 Å². The van der Waals surface area contributed by atoms with E-state index in [1.807, 2.05) is 53.8 Å². The second-order valence-corrected chi connectivity index (χ2v) is 8.54. The van der Waals surface area contributed by atoms with Crippen LogP contribution in [0.15, 0.2) is 58.5 Å². The first kappa shape index (κ1) is 20.2. The molecule has 0 bridgehead atoms. The zero-order chi connectivity index (χ0) is 21.3. The Morgan fingerprint density at radius 1 is 1.10 bits per heavy atom. The van der Waals surface area contributed by atoms with Crippen molar-refractivity contribution in [1.82, 2.24) is 24.5 Å². The molecule has 4 rings (SSSR count). The van der Waals surface area contributed by atoms with Crippen LogP contribution in [0.1, 0.15) is 19.4 Å². The van der Waals surface area contributed by atoms with Gasteiger partial charge in [0.25, 0.3) is 5.56 Å². The SMILES string of the molecule is Cc1ccc(-n2c(=O)c3ccccc3n3c(SCC(=O)NCC(C)C)nnc23)cc1. The molecule has 7 nitrogen and oxygen atoms in total. The van der Waals surface area contributed by atoms with Gasteiger partial charge >= 0.3 is 0 Å². The summed E-state index contributed by atoms with van der Waals surface area (Å²) in [5.41, 5.74) is 2.39. The Hall–Kier alpha value is -3.13. The molecule has 1 amide bonds. The number of thioether (sulfide) groups is 1. The van der Waals surface area contributed by atoms with Crippen LogP contribution in [0.3, 0.4) is 0 Å². The number of fused-ring (bicyclic) bond motifs is 3. The van der Waals surface area contributed by atoms with Crippen molar-refractivity contribution in [3.63, 3.8) is 0 Å². The fraction of sp³-hybridized carbons (Fsp3) is 0.273. The van der Waals surface area contributed by atoms with Crippen LogP contribution in [0.25, 0.3) is 22.4 Å². The van der Waals surface area contributed by atoms with Crippen LogP contribution in [0.5, 0.6) is 0 Å². The van der Waals surface area contributed by atoms with Gasteiger partial charge in [0.15, 0.2) is 5.16 Å². The van der Waals surface area contributed by atoms with Crippen molar-refractivity contribution in [3.8, 4) is 5.69 Å². The number of benzene rings is 2. The van der Waals surface area contributed by atoms with E-state index in [0.29, 0.717) is 28.8 Å². The van der Waals surface area contributed by atoms with Gasteiger partial charge in [-0.25, -0.2) is 4.57 Å². The zero-order valence-electron chi connectivity index (χ0n) is 17.1. The maximum Gasteiger partial charge on any atom is 0.267 e. The summed E-state index contributed by atoms with van der Waals surface area (Å²) in [7, 11) is 0.